The van der Waals surface area contributed by atoms with Crippen molar-refractivity contribution in [1.82, 2.24) is 9.36 Å². The van der Waals surface area contributed by atoms with Crippen molar-refractivity contribution < 1.29 is 4.79 Å². The lowest BCUT2D eigenvalue weighted by Crippen LogP contribution is -2.10. The third kappa shape index (κ3) is 4.31. The summed E-state index contributed by atoms with van der Waals surface area (Å²) in [4.78, 5) is 15.7. The molecule has 0 saturated heterocycles. The van der Waals surface area contributed by atoms with Crippen molar-refractivity contribution in [2.24, 2.45) is 0 Å². The molecule has 2 aromatic rings. The number of carbonyl (C=O) groups is 1. The maximum absolute atomic E-state index is 11.5. The molecule has 6 heteroatoms. The van der Waals surface area contributed by atoms with Gasteiger partial charge < -0.3 is 10.6 Å². The predicted molar refractivity (Wildman–Crippen MR) is 82.0 cm³/mol. The molecular formula is C14H18N4OS. The SMILES string of the molecule is CCCC(=O)Nc1ccc(CNc2nc(C)ns2)cc1. The van der Waals surface area contributed by atoms with Gasteiger partial charge in [0, 0.05) is 30.2 Å². The number of rotatable bonds is 6. The number of hydrogen-bond donors (Lipinski definition) is 2. The molecule has 1 aromatic heterocycles. The summed E-state index contributed by atoms with van der Waals surface area (Å²) in [6, 6.07) is 7.80. The molecule has 106 valence electrons. The first-order valence-electron chi connectivity index (χ1n) is 6.60. The lowest BCUT2D eigenvalue weighted by Gasteiger charge is -2.06. The number of anilines is 2. The van der Waals surface area contributed by atoms with Crippen LogP contribution in [0.5, 0.6) is 0 Å². The van der Waals surface area contributed by atoms with Crippen LogP contribution < -0.4 is 10.6 Å². The molecule has 0 aliphatic heterocycles. The van der Waals surface area contributed by atoms with E-state index in [0.29, 0.717) is 13.0 Å². The molecule has 1 amide bonds. The van der Waals surface area contributed by atoms with Gasteiger partial charge in [0.1, 0.15) is 5.82 Å². The molecule has 0 spiro atoms. The van der Waals surface area contributed by atoms with Crippen molar-refractivity contribution in [1.29, 1.82) is 0 Å². The largest absolute Gasteiger partial charge is 0.356 e. The summed E-state index contributed by atoms with van der Waals surface area (Å²) in [6.07, 6.45) is 1.41. The van der Waals surface area contributed by atoms with Crippen LogP contribution in [0, 0.1) is 6.92 Å². The van der Waals surface area contributed by atoms with Crippen LogP contribution in [0.15, 0.2) is 24.3 Å². The molecule has 20 heavy (non-hydrogen) atoms. The van der Waals surface area contributed by atoms with E-state index in [1.165, 1.54) is 11.5 Å². The standard InChI is InChI=1S/C14H18N4OS/c1-3-4-13(19)17-12-7-5-11(6-8-12)9-15-14-16-10(2)18-20-14/h5-8H,3-4,9H2,1-2H3,(H,17,19)(H,15,16,18). The second-order valence-corrected chi connectivity index (χ2v) is 5.25. The first kappa shape index (κ1) is 14.5. The molecule has 0 radical (unpaired) electrons. The number of aromatic nitrogens is 2. The maximum atomic E-state index is 11.5. The summed E-state index contributed by atoms with van der Waals surface area (Å²) in [5, 5.41) is 6.91. The van der Waals surface area contributed by atoms with Crippen molar-refractivity contribution in [3.8, 4) is 0 Å². The van der Waals surface area contributed by atoms with Crippen LogP contribution in [-0.2, 0) is 11.3 Å². The Bertz CT molecular complexity index is 565. The molecular weight excluding hydrogens is 272 g/mol. The quantitative estimate of drug-likeness (QED) is 0.857. The van der Waals surface area contributed by atoms with Crippen LogP contribution in [0.4, 0.5) is 10.8 Å². The van der Waals surface area contributed by atoms with Gasteiger partial charge in [0.05, 0.1) is 0 Å². The van der Waals surface area contributed by atoms with E-state index in [9.17, 15) is 4.79 Å². The molecule has 0 atom stereocenters. The van der Waals surface area contributed by atoms with E-state index in [1.807, 2.05) is 38.1 Å². The van der Waals surface area contributed by atoms with Gasteiger partial charge in [-0.2, -0.15) is 4.37 Å². The third-order valence-corrected chi connectivity index (χ3v) is 3.45. The van der Waals surface area contributed by atoms with Crippen LogP contribution in [0.1, 0.15) is 31.2 Å². The Kier molecular flexibility index (Phi) is 5.06. The van der Waals surface area contributed by atoms with Gasteiger partial charge in [-0.15, -0.1) is 0 Å². The van der Waals surface area contributed by atoms with Gasteiger partial charge in [0.15, 0.2) is 0 Å². The summed E-state index contributed by atoms with van der Waals surface area (Å²) in [5.74, 6) is 0.842. The smallest absolute Gasteiger partial charge is 0.224 e. The lowest BCUT2D eigenvalue weighted by molar-refractivity contribution is -0.116. The molecule has 0 unspecified atom stereocenters. The highest BCUT2D eigenvalue weighted by atomic mass is 32.1. The Morgan fingerprint density at radius 3 is 2.65 bits per heavy atom. The van der Waals surface area contributed by atoms with Crippen molar-refractivity contribution in [2.45, 2.75) is 33.2 Å². The minimum atomic E-state index is 0.0581. The van der Waals surface area contributed by atoms with E-state index < -0.39 is 0 Å². The Hall–Kier alpha value is -1.95. The van der Waals surface area contributed by atoms with Crippen molar-refractivity contribution in [2.75, 3.05) is 10.6 Å². The van der Waals surface area contributed by atoms with Gasteiger partial charge in [-0.1, -0.05) is 19.1 Å². The zero-order valence-electron chi connectivity index (χ0n) is 11.6. The molecule has 2 N–H and O–H groups in total. The average molecular weight is 290 g/mol. The monoisotopic (exact) mass is 290 g/mol. The Morgan fingerprint density at radius 2 is 2.05 bits per heavy atom. The Balaban J connectivity index is 1.86. The van der Waals surface area contributed by atoms with Crippen LogP contribution in [-0.4, -0.2) is 15.3 Å². The van der Waals surface area contributed by atoms with E-state index in [1.54, 1.807) is 0 Å². The molecule has 0 bridgehead atoms. The van der Waals surface area contributed by atoms with Crippen LogP contribution in [0.2, 0.25) is 0 Å². The number of benzene rings is 1. The van der Waals surface area contributed by atoms with Gasteiger partial charge in [0.2, 0.25) is 11.0 Å². The minimum Gasteiger partial charge on any atom is -0.356 e. The average Bonchev–Trinajstić information content (AvgIpc) is 2.84. The highest BCUT2D eigenvalue weighted by Gasteiger charge is 2.02. The molecule has 1 aromatic carbocycles. The van der Waals surface area contributed by atoms with Gasteiger partial charge in [0.25, 0.3) is 0 Å². The molecule has 0 saturated carbocycles. The lowest BCUT2D eigenvalue weighted by atomic mass is 10.2. The van der Waals surface area contributed by atoms with Crippen LogP contribution >= 0.6 is 11.5 Å². The topological polar surface area (TPSA) is 66.9 Å². The summed E-state index contributed by atoms with van der Waals surface area (Å²) < 4.78 is 4.11. The fourth-order valence-corrected chi connectivity index (χ4v) is 2.27. The van der Waals surface area contributed by atoms with Gasteiger partial charge in [-0.25, -0.2) is 4.98 Å². The zero-order valence-corrected chi connectivity index (χ0v) is 12.5. The number of amides is 1. The normalized spacial score (nSPS) is 10.3. The predicted octanol–water partition coefficient (Wildman–Crippen LogP) is 3.20. The molecule has 5 nitrogen and oxygen atoms in total. The molecule has 0 aliphatic carbocycles. The van der Waals surface area contributed by atoms with Crippen molar-refractivity contribution in [3.63, 3.8) is 0 Å². The van der Waals surface area contributed by atoms with E-state index in [0.717, 1.165) is 28.6 Å². The molecule has 0 fully saturated rings. The van der Waals surface area contributed by atoms with Crippen molar-refractivity contribution >= 4 is 28.3 Å². The molecule has 0 aliphatic rings. The highest BCUT2D eigenvalue weighted by Crippen LogP contribution is 2.14. The number of aryl methyl sites for hydroxylation is 1. The minimum absolute atomic E-state index is 0.0581. The first-order chi connectivity index (χ1) is 9.67. The summed E-state index contributed by atoms with van der Waals surface area (Å²) in [5.41, 5.74) is 1.96. The van der Waals surface area contributed by atoms with Crippen LogP contribution in [0.3, 0.4) is 0 Å². The van der Waals surface area contributed by atoms with Gasteiger partial charge >= 0.3 is 0 Å². The molecule has 2 rings (SSSR count). The summed E-state index contributed by atoms with van der Waals surface area (Å²) in [6.45, 7) is 4.55. The second-order valence-electron chi connectivity index (χ2n) is 4.50. The van der Waals surface area contributed by atoms with E-state index in [-0.39, 0.29) is 5.91 Å². The Labute approximate surface area is 122 Å². The fraction of sp³-hybridized carbons (Fsp3) is 0.357. The number of hydrogen-bond acceptors (Lipinski definition) is 5. The van der Waals surface area contributed by atoms with Gasteiger partial charge in [-0.3, -0.25) is 4.79 Å². The third-order valence-electron chi connectivity index (χ3n) is 2.69. The summed E-state index contributed by atoms with van der Waals surface area (Å²) >= 11 is 1.36. The Morgan fingerprint density at radius 1 is 1.30 bits per heavy atom. The highest BCUT2D eigenvalue weighted by molar-refractivity contribution is 7.09. The first-order valence-corrected chi connectivity index (χ1v) is 7.37. The van der Waals surface area contributed by atoms with Crippen molar-refractivity contribution in [3.05, 3.63) is 35.7 Å². The maximum Gasteiger partial charge on any atom is 0.224 e. The second kappa shape index (κ2) is 7.00. The van der Waals surface area contributed by atoms with Gasteiger partial charge in [-0.05, 0) is 31.0 Å². The van der Waals surface area contributed by atoms with E-state index in [2.05, 4.69) is 20.0 Å². The molecule has 1 heterocycles. The number of nitrogens with one attached hydrogen (secondary N) is 2. The summed E-state index contributed by atoms with van der Waals surface area (Å²) in [7, 11) is 0. The number of nitrogens with zero attached hydrogens (tertiary/aromatic N) is 2. The van der Waals surface area contributed by atoms with Crippen LogP contribution in [0.25, 0.3) is 0 Å². The van der Waals surface area contributed by atoms with E-state index >= 15 is 0 Å². The number of carbonyl (C=O) groups excluding carboxylic acids is 1. The van der Waals surface area contributed by atoms with E-state index in [4.69, 9.17) is 0 Å². The zero-order chi connectivity index (χ0) is 14.4. The fourth-order valence-electron chi connectivity index (χ4n) is 1.70.